The first kappa shape index (κ1) is 15.9. The Labute approximate surface area is 113 Å². The molecule has 1 aliphatic heterocycles. The summed E-state index contributed by atoms with van der Waals surface area (Å²) in [6.07, 6.45) is 1.64. The van der Waals surface area contributed by atoms with E-state index in [0.717, 1.165) is 6.42 Å². The van der Waals surface area contributed by atoms with E-state index in [0.29, 0.717) is 32.1 Å². The highest BCUT2D eigenvalue weighted by Gasteiger charge is 2.32. The maximum atomic E-state index is 11.9. The number of carbonyl (C=O) groups excluding carboxylic acids is 1. The Bertz CT molecular complexity index is 309. The Morgan fingerprint density at radius 1 is 1.37 bits per heavy atom. The maximum Gasteiger partial charge on any atom is 0.303 e. The van der Waals surface area contributed by atoms with E-state index in [1.807, 2.05) is 14.0 Å². The van der Waals surface area contributed by atoms with Crippen molar-refractivity contribution in [1.82, 2.24) is 10.6 Å². The monoisotopic (exact) mass is 272 g/mol. The maximum absolute atomic E-state index is 11.9. The third-order valence-corrected chi connectivity index (χ3v) is 3.58. The van der Waals surface area contributed by atoms with Crippen molar-refractivity contribution in [3.05, 3.63) is 0 Å². The van der Waals surface area contributed by atoms with Crippen LogP contribution in [0, 0.1) is 11.8 Å². The second-order valence-electron chi connectivity index (χ2n) is 5.16. The van der Waals surface area contributed by atoms with Crippen LogP contribution in [0.3, 0.4) is 0 Å². The molecular weight excluding hydrogens is 248 g/mol. The molecule has 0 saturated carbocycles. The number of hydrogen-bond acceptors (Lipinski definition) is 4. The minimum absolute atomic E-state index is 0.0160. The van der Waals surface area contributed by atoms with E-state index >= 15 is 0 Å². The molecule has 0 radical (unpaired) electrons. The first-order valence-corrected chi connectivity index (χ1v) is 6.79. The second-order valence-corrected chi connectivity index (χ2v) is 5.16. The molecule has 6 heteroatoms. The third kappa shape index (κ3) is 5.57. The van der Waals surface area contributed by atoms with Crippen LogP contribution in [0.5, 0.6) is 0 Å². The molecule has 3 unspecified atom stereocenters. The second kappa shape index (κ2) is 8.12. The molecule has 0 bridgehead atoms. The van der Waals surface area contributed by atoms with E-state index in [1.54, 1.807) is 0 Å². The minimum Gasteiger partial charge on any atom is -0.481 e. The van der Waals surface area contributed by atoms with E-state index in [2.05, 4.69) is 10.6 Å². The number of nitrogens with one attached hydrogen (secondary N) is 2. The van der Waals surface area contributed by atoms with Crippen LogP contribution in [0.15, 0.2) is 0 Å². The Kier molecular flexibility index (Phi) is 6.80. The molecule has 6 nitrogen and oxygen atoms in total. The molecule has 0 aliphatic carbocycles. The molecule has 1 aliphatic rings. The first-order valence-electron chi connectivity index (χ1n) is 6.79. The summed E-state index contributed by atoms with van der Waals surface area (Å²) in [4.78, 5) is 22.4. The van der Waals surface area contributed by atoms with Crippen LogP contribution in [0.1, 0.15) is 26.2 Å². The van der Waals surface area contributed by atoms with Crippen LogP contribution in [0.25, 0.3) is 0 Å². The lowest BCUT2D eigenvalue weighted by atomic mass is 10.0. The number of aliphatic carboxylic acids is 1. The zero-order valence-electron chi connectivity index (χ0n) is 11.6. The predicted octanol–water partition coefficient (Wildman–Crippen LogP) is 0.228. The molecular formula is C13H24N2O4. The fourth-order valence-corrected chi connectivity index (χ4v) is 2.18. The van der Waals surface area contributed by atoms with Gasteiger partial charge in [-0.1, -0.05) is 6.92 Å². The van der Waals surface area contributed by atoms with Crippen molar-refractivity contribution in [2.75, 3.05) is 26.8 Å². The van der Waals surface area contributed by atoms with Gasteiger partial charge in [0, 0.05) is 19.0 Å². The molecule has 1 saturated heterocycles. The van der Waals surface area contributed by atoms with Gasteiger partial charge in [0.05, 0.1) is 19.1 Å². The Balaban J connectivity index is 2.18. The van der Waals surface area contributed by atoms with Crippen LogP contribution in [0.2, 0.25) is 0 Å². The lowest BCUT2D eigenvalue weighted by molar-refractivity contribution is -0.137. The summed E-state index contributed by atoms with van der Waals surface area (Å²) in [5, 5.41) is 14.6. The zero-order chi connectivity index (χ0) is 14.3. The van der Waals surface area contributed by atoms with Gasteiger partial charge in [-0.15, -0.1) is 0 Å². The minimum atomic E-state index is -0.768. The van der Waals surface area contributed by atoms with E-state index < -0.39 is 5.97 Å². The number of carboxylic acid groups (broad SMARTS) is 1. The summed E-state index contributed by atoms with van der Waals surface area (Å²) < 4.78 is 5.29. The molecule has 1 amide bonds. The van der Waals surface area contributed by atoms with Crippen molar-refractivity contribution in [3.8, 4) is 0 Å². The molecule has 110 valence electrons. The first-order chi connectivity index (χ1) is 9.04. The normalized spacial score (nSPS) is 24.1. The number of carboxylic acids is 1. The van der Waals surface area contributed by atoms with E-state index in [4.69, 9.17) is 9.84 Å². The van der Waals surface area contributed by atoms with Crippen LogP contribution >= 0.6 is 0 Å². The van der Waals surface area contributed by atoms with Gasteiger partial charge in [0.1, 0.15) is 0 Å². The number of amides is 1. The Hall–Kier alpha value is -1.14. The number of carbonyl (C=O) groups is 2. The Morgan fingerprint density at radius 2 is 2.11 bits per heavy atom. The number of ether oxygens (including phenoxy) is 1. The van der Waals surface area contributed by atoms with Gasteiger partial charge in [-0.2, -0.15) is 0 Å². The van der Waals surface area contributed by atoms with Crippen molar-refractivity contribution in [3.63, 3.8) is 0 Å². The van der Waals surface area contributed by atoms with Crippen LogP contribution in [0.4, 0.5) is 0 Å². The summed E-state index contributed by atoms with van der Waals surface area (Å²) in [5.41, 5.74) is 0. The molecule has 0 spiro atoms. The summed E-state index contributed by atoms with van der Waals surface area (Å²) in [6.45, 7) is 3.63. The van der Waals surface area contributed by atoms with Gasteiger partial charge < -0.3 is 20.5 Å². The van der Waals surface area contributed by atoms with Gasteiger partial charge in [0.2, 0.25) is 5.91 Å². The fourth-order valence-electron chi connectivity index (χ4n) is 2.18. The molecule has 1 fully saturated rings. The largest absolute Gasteiger partial charge is 0.481 e. The molecule has 0 aromatic carbocycles. The van der Waals surface area contributed by atoms with Gasteiger partial charge >= 0.3 is 5.97 Å². The summed E-state index contributed by atoms with van der Waals surface area (Å²) >= 11 is 0. The van der Waals surface area contributed by atoms with E-state index in [-0.39, 0.29) is 24.3 Å². The summed E-state index contributed by atoms with van der Waals surface area (Å²) in [7, 11) is 1.83. The average Bonchev–Trinajstić information content (AvgIpc) is 2.84. The van der Waals surface area contributed by atoms with E-state index in [9.17, 15) is 9.59 Å². The highest BCUT2D eigenvalue weighted by molar-refractivity contribution is 5.79. The quantitative estimate of drug-likeness (QED) is 0.588. The van der Waals surface area contributed by atoms with Crippen molar-refractivity contribution < 1.29 is 19.4 Å². The molecule has 0 aromatic heterocycles. The SMILES string of the molecule is CNC1COCC1C(=O)NCCC(C)CCC(=O)O. The van der Waals surface area contributed by atoms with Crippen molar-refractivity contribution in [2.24, 2.45) is 11.8 Å². The van der Waals surface area contributed by atoms with Gasteiger partial charge in [0.15, 0.2) is 0 Å². The number of rotatable bonds is 8. The molecule has 0 aromatic rings. The van der Waals surface area contributed by atoms with Gasteiger partial charge in [-0.05, 0) is 25.8 Å². The Morgan fingerprint density at radius 3 is 2.74 bits per heavy atom. The lowest BCUT2D eigenvalue weighted by Gasteiger charge is -2.17. The molecule has 3 atom stereocenters. The fraction of sp³-hybridized carbons (Fsp3) is 0.846. The molecule has 3 N–H and O–H groups in total. The number of likely N-dealkylation sites (N-methyl/N-ethyl adjacent to an activating group) is 1. The molecule has 1 rings (SSSR count). The summed E-state index contributed by atoms with van der Waals surface area (Å²) in [5.74, 6) is -0.575. The lowest BCUT2D eigenvalue weighted by Crippen LogP contribution is -2.43. The molecule has 1 heterocycles. The standard InChI is InChI=1S/C13H24N2O4/c1-9(3-4-12(16)17)5-6-15-13(18)10-7-19-8-11(10)14-2/h9-11,14H,3-8H2,1-2H3,(H,15,18)(H,16,17). The molecule has 19 heavy (non-hydrogen) atoms. The van der Waals surface area contributed by atoms with Crippen molar-refractivity contribution in [1.29, 1.82) is 0 Å². The van der Waals surface area contributed by atoms with Gasteiger partial charge in [-0.25, -0.2) is 0 Å². The topological polar surface area (TPSA) is 87.7 Å². The average molecular weight is 272 g/mol. The van der Waals surface area contributed by atoms with Crippen molar-refractivity contribution >= 4 is 11.9 Å². The third-order valence-electron chi connectivity index (χ3n) is 3.58. The smallest absolute Gasteiger partial charge is 0.303 e. The van der Waals surface area contributed by atoms with Gasteiger partial charge in [-0.3, -0.25) is 9.59 Å². The van der Waals surface area contributed by atoms with E-state index in [1.165, 1.54) is 0 Å². The van der Waals surface area contributed by atoms with Crippen LogP contribution in [-0.2, 0) is 14.3 Å². The van der Waals surface area contributed by atoms with Crippen LogP contribution < -0.4 is 10.6 Å². The number of hydrogen-bond donors (Lipinski definition) is 3. The van der Waals surface area contributed by atoms with Crippen molar-refractivity contribution in [2.45, 2.75) is 32.2 Å². The van der Waals surface area contributed by atoms with Gasteiger partial charge in [0.25, 0.3) is 0 Å². The highest BCUT2D eigenvalue weighted by atomic mass is 16.5. The summed E-state index contributed by atoms with van der Waals surface area (Å²) in [6, 6.07) is 0.0874. The highest BCUT2D eigenvalue weighted by Crippen LogP contribution is 2.14. The zero-order valence-corrected chi connectivity index (χ0v) is 11.6. The predicted molar refractivity (Wildman–Crippen MR) is 70.8 cm³/mol. The van der Waals surface area contributed by atoms with Crippen LogP contribution in [-0.4, -0.2) is 49.8 Å².